The van der Waals surface area contributed by atoms with Crippen molar-refractivity contribution in [3.63, 3.8) is 0 Å². The zero-order valence-corrected chi connectivity index (χ0v) is 12.4. The SMILES string of the molecule is Cc1ncsc1CCSc1ccc(C(C)N)cc1. The molecule has 2 rings (SSSR count). The van der Waals surface area contributed by atoms with Crippen molar-refractivity contribution in [2.75, 3.05) is 5.75 Å². The molecule has 1 unspecified atom stereocenters. The Bertz CT molecular complexity index is 489. The van der Waals surface area contributed by atoms with Crippen molar-refractivity contribution in [1.82, 2.24) is 4.98 Å². The van der Waals surface area contributed by atoms with E-state index in [-0.39, 0.29) is 6.04 Å². The predicted molar refractivity (Wildman–Crippen MR) is 80.3 cm³/mol. The molecule has 2 N–H and O–H groups in total. The monoisotopic (exact) mass is 278 g/mol. The lowest BCUT2D eigenvalue weighted by Gasteiger charge is -2.06. The fraction of sp³-hybridized carbons (Fsp3) is 0.357. The molecule has 1 aromatic carbocycles. The van der Waals surface area contributed by atoms with Crippen LogP contribution in [0, 0.1) is 6.92 Å². The Labute approximate surface area is 117 Å². The summed E-state index contributed by atoms with van der Waals surface area (Å²) in [5.41, 5.74) is 10.1. The average molecular weight is 278 g/mol. The number of thiazole rings is 1. The highest BCUT2D eigenvalue weighted by Crippen LogP contribution is 2.23. The molecule has 0 radical (unpaired) electrons. The number of rotatable bonds is 5. The van der Waals surface area contributed by atoms with Crippen molar-refractivity contribution in [3.8, 4) is 0 Å². The van der Waals surface area contributed by atoms with E-state index in [0.29, 0.717) is 0 Å². The van der Waals surface area contributed by atoms with E-state index in [1.807, 2.05) is 24.2 Å². The second-order valence-electron chi connectivity index (χ2n) is 4.32. The van der Waals surface area contributed by atoms with E-state index in [9.17, 15) is 0 Å². The molecule has 0 saturated heterocycles. The summed E-state index contributed by atoms with van der Waals surface area (Å²) in [7, 11) is 0. The van der Waals surface area contributed by atoms with Gasteiger partial charge in [-0.2, -0.15) is 0 Å². The smallest absolute Gasteiger partial charge is 0.0797 e. The van der Waals surface area contributed by atoms with Gasteiger partial charge in [-0.05, 0) is 38.0 Å². The maximum absolute atomic E-state index is 5.83. The molecule has 0 aliphatic heterocycles. The van der Waals surface area contributed by atoms with Crippen LogP contribution < -0.4 is 5.73 Å². The van der Waals surface area contributed by atoms with Crippen molar-refractivity contribution in [3.05, 3.63) is 45.9 Å². The van der Waals surface area contributed by atoms with E-state index < -0.39 is 0 Å². The molecule has 1 aromatic heterocycles. The van der Waals surface area contributed by atoms with Gasteiger partial charge in [-0.3, -0.25) is 0 Å². The number of nitrogens with two attached hydrogens (primary N) is 1. The van der Waals surface area contributed by atoms with Gasteiger partial charge < -0.3 is 5.73 Å². The number of benzene rings is 1. The second kappa shape index (κ2) is 6.36. The minimum atomic E-state index is 0.115. The van der Waals surface area contributed by atoms with E-state index in [0.717, 1.165) is 12.2 Å². The molecule has 0 aliphatic carbocycles. The van der Waals surface area contributed by atoms with Crippen LogP contribution >= 0.6 is 23.1 Å². The molecular weight excluding hydrogens is 260 g/mol. The molecule has 96 valence electrons. The van der Waals surface area contributed by atoms with Gasteiger partial charge in [-0.15, -0.1) is 23.1 Å². The average Bonchev–Trinajstić information content (AvgIpc) is 2.76. The molecular formula is C14H18N2S2. The topological polar surface area (TPSA) is 38.9 Å². The molecule has 2 aromatic rings. The quantitative estimate of drug-likeness (QED) is 0.845. The van der Waals surface area contributed by atoms with E-state index in [2.05, 4.69) is 36.2 Å². The Morgan fingerprint density at radius 2 is 2.06 bits per heavy atom. The molecule has 1 atom stereocenters. The van der Waals surface area contributed by atoms with E-state index in [1.165, 1.54) is 21.0 Å². The zero-order valence-electron chi connectivity index (χ0n) is 10.7. The molecule has 0 saturated carbocycles. The number of hydrogen-bond acceptors (Lipinski definition) is 4. The Kier molecular flexibility index (Phi) is 4.80. The van der Waals surface area contributed by atoms with Crippen molar-refractivity contribution in [2.45, 2.75) is 31.2 Å². The first-order chi connectivity index (χ1) is 8.66. The van der Waals surface area contributed by atoms with Crippen molar-refractivity contribution in [2.24, 2.45) is 5.73 Å². The van der Waals surface area contributed by atoms with Gasteiger partial charge in [0.05, 0.1) is 11.2 Å². The highest BCUT2D eigenvalue weighted by Gasteiger charge is 2.03. The number of aryl methyl sites for hydroxylation is 2. The summed E-state index contributed by atoms with van der Waals surface area (Å²) in [6.07, 6.45) is 1.09. The summed E-state index contributed by atoms with van der Waals surface area (Å²) in [5.74, 6) is 1.10. The van der Waals surface area contributed by atoms with Gasteiger partial charge in [0.2, 0.25) is 0 Å². The largest absolute Gasteiger partial charge is 0.324 e. The lowest BCUT2D eigenvalue weighted by Crippen LogP contribution is -2.04. The highest BCUT2D eigenvalue weighted by molar-refractivity contribution is 7.99. The summed E-state index contributed by atoms with van der Waals surface area (Å²) in [6.45, 7) is 4.09. The van der Waals surface area contributed by atoms with Crippen LogP contribution in [0.4, 0.5) is 0 Å². The van der Waals surface area contributed by atoms with Crippen molar-refractivity contribution >= 4 is 23.1 Å². The minimum absolute atomic E-state index is 0.115. The Morgan fingerprint density at radius 3 is 2.61 bits per heavy atom. The molecule has 0 bridgehead atoms. The lowest BCUT2D eigenvalue weighted by atomic mass is 10.1. The minimum Gasteiger partial charge on any atom is -0.324 e. The van der Waals surface area contributed by atoms with Crippen LogP contribution in [-0.4, -0.2) is 10.7 Å². The van der Waals surface area contributed by atoms with Gasteiger partial charge in [0.1, 0.15) is 0 Å². The number of hydrogen-bond donors (Lipinski definition) is 1. The van der Waals surface area contributed by atoms with Crippen molar-refractivity contribution < 1.29 is 0 Å². The molecule has 2 nitrogen and oxygen atoms in total. The first-order valence-corrected chi connectivity index (χ1v) is 7.90. The second-order valence-corrected chi connectivity index (χ2v) is 6.42. The maximum atomic E-state index is 5.83. The van der Waals surface area contributed by atoms with Gasteiger partial charge in [0.15, 0.2) is 0 Å². The molecule has 1 heterocycles. The van der Waals surface area contributed by atoms with Gasteiger partial charge in [-0.1, -0.05) is 12.1 Å². The summed E-state index contributed by atoms with van der Waals surface area (Å²) in [6, 6.07) is 8.66. The van der Waals surface area contributed by atoms with Crippen LogP contribution in [0.15, 0.2) is 34.7 Å². The van der Waals surface area contributed by atoms with Crippen LogP contribution in [0.25, 0.3) is 0 Å². The molecule has 0 spiro atoms. The standard InChI is InChI=1S/C14H18N2S2/c1-10(15)12-3-5-13(6-4-12)17-8-7-14-11(2)16-9-18-14/h3-6,9-10H,7-8,15H2,1-2H3. The predicted octanol–water partition coefficient (Wildman–Crippen LogP) is 3.81. The van der Waals surface area contributed by atoms with Gasteiger partial charge >= 0.3 is 0 Å². The van der Waals surface area contributed by atoms with Crippen LogP contribution in [0.1, 0.15) is 29.1 Å². The zero-order chi connectivity index (χ0) is 13.0. The normalized spacial score (nSPS) is 12.6. The van der Waals surface area contributed by atoms with E-state index >= 15 is 0 Å². The third-order valence-corrected chi connectivity index (χ3v) is 4.86. The van der Waals surface area contributed by atoms with Gasteiger partial charge in [-0.25, -0.2) is 4.98 Å². The highest BCUT2D eigenvalue weighted by atomic mass is 32.2. The van der Waals surface area contributed by atoms with Crippen LogP contribution in [-0.2, 0) is 6.42 Å². The number of thioether (sulfide) groups is 1. The Balaban J connectivity index is 1.85. The van der Waals surface area contributed by atoms with E-state index in [4.69, 9.17) is 5.73 Å². The third kappa shape index (κ3) is 3.57. The number of nitrogens with zero attached hydrogens (tertiary/aromatic N) is 1. The molecule has 18 heavy (non-hydrogen) atoms. The van der Waals surface area contributed by atoms with Gasteiger partial charge in [0.25, 0.3) is 0 Å². The molecule has 0 amide bonds. The Morgan fingerprint density at radius 1 is 1.33 bits per heavy atom. The summed E-state index contributed by atoms with van der Waals surface area (Å²) >= 11 is 3.64. The first-order valence-electron chi connectivity index (χ1n) is 6.04. The summed E-state index contributed by atoms with van der Waals surface area (Å²) in [4.78, 5) is 6.97. The van der Waals surface area contributed by atoms with Crippen LogP contribution in [0.3, 0.4) is 0 Å². The summed E-state index contributed by atoms with van der Waals surface area (Å²) in [5, 5.41) is 0. The third-order valence-electron chi connectivity index (χ3n) is 2.85. The Hall–Kier alpha value is -0.840. The van der Waals surface area contributed by atoms with Gasteiger partial charge in [0, 0.05) is 21.6 Å². The van der Waals surface area contributed by atoms with Crippen molar-refractivity contribution in [1.29, 1.82) is 0 Å². The fourth-order valence-electron chi connectivity index (χ4n) is 1.70. The van der Waals surface area contributed by atoms with Crippen LogP contribution in [0.5, 0.6) is 0 Å². The van der Waals surface area contributed by atoms with E-state index in [1.54, 1.807) is 11.3 Å². The fourth-order valence-corrected chi connectivity index (χ4v) is 3.48. The molecule has 0 fully saturated rings. The van der Waals surface area contributed by atoms with Crippen LogP contribution in [0.2, 0.25) is 0 Å². The number of aromatic nitrogens is 1. The first kappa shape index (κ1) is 13.6. The molecule has 4 heteroatoms. The summed E-state index contributed by atoms with van der Waals surface area (Å²) < 4.78 is 0. The lowest BCUT2D eigenvalue weighted by molar-refractivity contribution is 0.817. The maximum Gasteiger partial charge on any atom is 0.0797 e. The molecule has 0 aliphatic rings.